The van der Waals surface area contributed by atoms with Gasteiger partial charge >= 0.3 is 6.03 Å². The number of amides is 2. The second kappa shape index (κ2) is 9.01. The van der Waals surface area contributed by atoms with Crippen molar-refractivity contribution in [1.29, 1.82) is 0 Å². The molecule has 0 fully saturated rings. The van der Waals surface area contributed by atoms with Crippen molar-refractivity contribution in [2.24, 2.45) is 0 Å². The standard InChI is InChI=1S/C29H42N2O3/c1-16(2)31(24-18(4)15-22(29(10,11)12)26(33)20(24)6)27(34)30(13)23-17(3)14-21(28(7,8)9)25(32)19(23)5/h14-15,32-33H,1H2,2-13H3. The Kier molecular flexibility index (Phi) is 7.23. The van der Waals surface area contributed by atoms with Crippen LogP contribution < -0.4 is 9.80 Å². The first-order valence-corrected chi connectivity index (χ1v) is 11.7. The maximum Gasteiger partial charge on any atom is 0.333 e. The topological polar surface area (TPSA) is 64.0 Å². The van der Waals surface area contributed by atoms with E-state index in [-0.39, 0.29) is 28.4 Å². The van der Waals surface area contributed by atoms with Gasteiger partial charge in [0, 0.05) is 23.9 Å². The van der Waals surface area contributed by atoms with Crippen molar-refractivity contribution < 1.29 is 15.0 Å². The summed E-state index contributed by atoms with van der Waals surface area (Å²) in [4.78, 5) is 17.0. The van der Waals surface area contributed by atoms with Crippen molar-refractivity contribution >= 4 is 17.4 Å². The van der Waals surface area contributed by atoms with E-state index >= 15 is 0 Å². The molecule has 5 nitrogen and oxygen atoms in total. The molecule has 0 bridgehead atoms. The predicted octanol–water partition coefficient (Wildman–Crippen LogP) is 7.52. The third kappa shape index (κ3) is 4.79. The lowest BCUT2D eigenvalue weighted by Gasteiger charge is -2.34. The summed E-state index contributed by atoms with van der Waals surface area (Å²) >= 11 is 0. The number of urea groups is 1. The van der Waals surface area contributed by atoms with E-state index in [1.54, 1.807) is 23.8 Å². The molecular weight excluding hydrogens is 424 g/mol. The Bertz CT molecular complexity index is 1150. The average Bonchev–Trinajstić information content (AvgIpc) is 2.68. The molecule has 2 aromatic carbocycles. The van der Waals surface area contributed by atoms with Crippen LogP contribution in [0.1, 0.15) is 81.8 Å². The van der Waals surface area contributed by atoms with Gasteiger partial charge in [-0.3, -0.25) is 9.80 Å². The van der Waals surface area contributed by atoms with Crippen LogP contribution >= 0.6 is 0 Å². The number of nitrogens with zero attached hydrogens (tertiary/aromatic N) is 2. The van der Waals surface area contributed by atoms with E-state index in [1.807, 2.05) is 39.8 Å². The predicted molar refractivity (Wildman–Crippen MR) is 144 cm³/mol. The van der Waals surface area contributed by atoms with E-state index in [0.717, 1.165) is 22.3 Å². The smallest absolute Gasteiger partial charge is 0.333 e. The molecule has 0 saturated carbocycles. The minimum Gasteiger partial charge on any atom is -0.507 e. The quantitative estimate of drug-likeness (QED) is 0.491. The summed E-state index contributed by atoms with van der Waals surface area (Å²) in [5, 5.41) is 22.0. The van der Waals surface area contributed by atoms with Gasteiger partial charge in [-0.15, -0.1) is 0 Å². The lowest BCUT2D eigenvalue weighted by atomic mass is 9.83. The molecule has 0 aliphatic carbocycles. The van der Waals surface area contributed by atoms with E-state index in [1.165, 1.54) is 0 Å². The Hall–Kier alpha value is -2.95. The second-order valence-electron chi connectivity index (χ2n) is 11.5. The zero-order valence-corrected chi connectivity index (χ0v) is 23.1. The fraction of sp³-hybridized carbons (Fsp3) is 0.483. The van der Waals surface area contributed by atoms with E-state index in [2.05, 4.69) is 48.1 Å². The molecule has 5 heteroatoms. The molecule has 0 unspecified atom stereocenters. The lowest BCUT2D eigenvalue weighted by Crippen LogP contribution is -2.41. The Morgan fingerprint density at radius 1 is 0.794 bits per heavy atom. The summed E-state index contributed by atoms with van der Waals surface area (Å²) in [7, 11) is 1.71. The number of carbonyl (C=O) groups is 1. The molecule has 0 radical (unpaired) electrons. The van der Waals surface area contributed by atoms with Crippen molar-refractivity contribution in [3.05, 3.63) is 57.8 Å². The third-order valence-corrected chi connectivity index (χ3v) is 6.43. The van der Waals surface area contributed by atoms with Crippen LogP contribution in [0.25, 0.3) is 0 Å². The zero-order valence-electron chi connectivity index (χ0n) is 23.1. The summed E-state index contributed by atoms with van der Waals surface area (Å²) in [6.45, 7) is 25.7. The molecular formula is C29H42N2O3. The van der Waals surface area contributed by atoms with Crippen LogP contribution in [0.2, 0.25) is 0 Å². The molecule has 0 atom stereocenters. The van der Waals surface area contributed by atoms with Gasteiger partial charge in [-0.2, -0.15) is 0 Å². The number of phenolic OH excluding ortho intramolecular Hbond substituents is 2. The number of hydrogen-bond acceptors (Lipinski definition) is 3. The molecule has 34 heavy (non-hydrogen) atoms. The highest BCUT2D eigenvalue weighted by atomic mass is 16.3. The van der Waals surface area contributed by atoms with Crippen LogP contribution in [0, 0.1) is 27.7 Å². The first-order valence-electron chi connectivity index (χ1n) is 11.7. The number of hydrogen-bond donors (Lipinski definition) is 2. The highest BCUT2D eigenvalue weighted by Crippen LogP contribution is 2.43. The number of carbonyl (C=O) groups excluding carboxylic acids is 1. The van der Waals surface area contributed by atoms with Crippen LogP contribution in [-0.4, -0.2) is 23.3 Å². The van der Waals surface area contributed by atoms with Gasteiger partial charge < -0.3 is 10.2 Å². The van der Waals surface area contributed by atoms with Gasteiger partial charge in [0.2, 0.25) is 0 Å². The highest BCUT2D eigenvalue weighted by Gasteiger charge is 2.31. The van der Waals surface area contributed by atoms with E-state index in [4.69, 9.17) is 0 Å². The average molecular weight is 467 g/mol. The molecule has 2 amide bonds. The number of aryl methyl sites for hydroxylation is 2. The molecule has 0 saturated heterocycles. The molecule has 0 aliphatic rings. The van der Waals surface area contributed by atoms with Crippen LogP contribution in [0.3, 0.4) is 0 Å². The van der Waals surface area contributed by atoms with Gasteiger partial charge in [0.15, 0.2) is 0 Å². The summed E-state index contributed by atoms with van der Waals surface area (Å²) in [6.07, 6.45) is 0. The minimum absolute atomic E-state index is 0.189. The minimum atomic E-state index is -0.310. The van der Waals surface area contributed by atoms with Crippen molar-refractivity contribution in [3.8, 4) is 11.5 Å². The van der Waals surface area contributed by atoms with E-state index < -0.39 is 0 Å². The third-order valence-electron chi connectivity index (χ3n) is 6.43. The summed E-state index contributed by atoms with van der Waals surface area (Å²) in [5.41, 5.74) is 6.10. The number of anilines is 2. The number of benzene rings is 2. The second-order valence-corrected chi connectivity index (χ2v) is 11.5. The summed E-state index contributed by atoms with van der Waals surface area (Å²) < 4.78 is 0. The Labute approximate surface area is 205 Å². The van der Waals surface area contributed by atoms with Crippen molar-refractivity contribution in [2.45, 2.75) is 87.0 Å². The van der Waals surface area contributed by atoms with Crippen molar-refractivity contribution in [1.82, 2.24) is 0 Å². The fourth-order valence-corrected chi connectivity index (χ4v) is 4.63. The Morgan fingerprint density at radius 3 is 1.50 bits per heavy atom. The first kappa shape index (κ1) is 27.3. The molecule has 0 aromatic heterocycles. The van der Waals surface area contributed by atoms with Crippen molar-refractivity contribution in [2.75, 3.05) is 16.8 Å². The Morgan fingerprint density at radius 2 is 1.15 bits per heavy atom. The van der Waals surface area contributed by atoms with Gasteiger partial charge in [0.05, 0.1) is 11.4 Å². The molecule has 186 valence electrons. The largest absolute Gasteiger partial charge is 0.507 e. The lowest BCUT2D eigenvalue weighted by molar-refractivity contribution is 0.254. The van der Waals surface area contributed by atoms with E-state index in [9.17, 15) is 15.0 Å². The number of allylic oxidation sites excluding steroid dienone is 1. The molecule has 0 aliphatic heterocycles. The van der Waals surface area contributed by atoms with Crippen LogP contribution in [0.4, 0.5) is 16.2 Å². The molecule has 2 N–H and O–H groups in total. The Balaban J connectivity index is 2.70. The van der Waals surface area contributed by atoms with Gasteiger partial charge in [0.25, 0.3) is 0 Å². The van der Waals surface area contributed by atoms with Crippen molar-refractivity contribution in [3.63, 3.8) is 0 Å². The summed E-state index contributed by atoms with van der Waals surface area (Å²) in [5.74, 6) is 0.392. The van der Waals surface area contributed by atoms with Gasteiger partial charge in [-0.05, 0) is 79.8 Å². The highest BCUT2D eigenvalue weighted by molar-refractivity contribution is 6.07. The molecule has 0 heterocycles. The summed E-state index contributed by atoms with van der Waals surface area (Å²) in [6, 6.07) is 3.59. The number of aromatic hydroxyl groups is 2. The van der Waals surface area contributed by atoms with Crippen LogP contribution in [0.15, 0.2) is 24.4 Å². The maximum atomic E-state index is 13.9. The zero-order chi connectivity index (χ0) is 26.5. The van der Waals surface area contributed by atoms with Gasteiger partial charge in [-0.1, -0.05) is 48.1 Å². The first-order chi connectivity index (χ1) is 15.3. The van der Waals surface area contributed by atoms with Crippen LogP contribution in [-0.2, 0) is 10.8 Å². The molecule has 2 rings (SSSR count). The monoisotopic (exact) mass is 466 g/mol. The molecule has 0 spiro atoms. The molecule has 2 aromatic rings. The SMILES string of the molecule is C=C(C)N(C(=O)N(C)c1c(C)cc(C(C)(C)C)c(O)c1C)c1c(C)cc(C(C)(C)C)c(O)c1C. The number of phenols is 2. The van der Waals surface area contributed by atoms with Crippen LogP contribution in [0.5, 0.6) is 11.5 Å². The fourth-order valence-electron chi connectivity index (χ4n) is 4.63. The van der Waals surface area contributed by atoms with Gasteiger partial charge in [0.1, 0.15) is 11.5 Å². The van der Waals surface area contributed by atoms with E-state index in [0.29, 0.717) is 28.2 Å². The maximum absolute atomic E-state index is 13.9. The van der Waals surface area contributed by atoms with Gasteiger partial charge in [-0.25, -0.2) is 4.79 Å². The number of rotatable bonds is 3. The normalized spacial score (nSPS) is 12.0.